The molecular formula is C19H29FIN5OS. The molecule has 0 aliphatic carbocycles. The summed E-state index contributed by atoms with van der Waals surface area (Å²) >= 11 is 1.68. The summed E-state index contributed by atoms with van der Waals surface area (Å²) < 4.78 is 18.7. The first-order valence-corrected chi connectivity index (χ1v) is 10.5. The Morgan fingerprint density at radius 2 is 2.07 bits per heavy atom. The second-order valence-corrected chi connectivity index (χ2v) is 7.37. The monoisotopic (exact) mass is 521 g/mol. The Morgan fingerprint density at radius 1 is 1.29 bits per heavy atom. The third-order valence-corrected chi connectivity index (χ3v) is 4.60. The zero-order valence-corrected chi connectivity index (χ0v) is 19.9. The molecule has 0 fully saturated rings. The number of nitrogens with one attached hydrogen (secondary N) is 2. The average Bonchev–Trinajstić information content (AvgIpc) is 3.12. The van der Waals surface area contributed by atoms with E-state index in [9.17, 15) is 4.39 Å². The van der Waals surface area contributed by atoms with Crippen molar-refractivity contribution < 1.29 is 8.91 Å². The molecule has 6 nitrogen and oxygen atoms in total. The van der Waals surface area contributed by atoms with Gasteiger partial charge in [0.1, 0.15) is 5.82 Å². The van der Waals surface area contributed by atoms with Crippen LogP contribution in [0.15, 0.2) is 27.7 Å². The maximum Gasteiger partial charge on any atom is 0.226 e. The number of guanidine groups is 1. The van der Waals surface area contributed by atoms with Crippen molar-refractivity contribution in [3.8, 4) is 0 Å². The van der Waals surface area contributed by atoms with Gasteiger partial charge in [-0.25, -0.2) is 4.39 Å². The summed E-state index contributed by atoms with van der Waals surface area (Å²) in [5.41, 5.74) is 2.07. The van der Waals surface area contributed by atoms with Crippen molar-refractivity contribution >= 4 is 41.7 Å². The Labute approximate surface area is 187 Å². The smallest absolute Gasteiger partial charge is 0.226 e. The van der Waals surface area contributed by atoms with E-state index in [2.05, 4.69) is 25.8 Å². The number of benzene rings is 1. The molecule has 1 aromatic carbocycles. The van der Waals surface area contributed by atoms with Crippen molar-refractivity contribution in [1.82, 2.24) is 20.8 Å². The summed E-state index contributed by atoms with van der Waals surface area (Å²) in [4.78, 5) is 8.60. The second kappa shape index (κ2) is 13.0. The molecule has 0 saturated carbocycles. The van der Waals surface area contributed by atoms with Crippen LogP contribution in [0.2, 0.25) is 0 Å². The highest BCUT2D eigenvalue weighted by atomic mass is 127. The number of aromatic nitrogens is 2. The number of aryl methyl sites for hydroxylation is 1. The van der Waals surface area contributed by atoms with E-state index in [0.29, 0.717) is 18.4 Å². The second-order valence-electron chi connectivity index (χ2n) is 6.50. The van der Waals surface area contributed by atoms with Gasteiger partial charge >= 0.3 is 0 Å². The molecule has 1 heterocycles. The number of halogens is 2. The number of nitrogens with zero attached hydrogens (tertiary/aromatic N) is 3. The predicted octanol–water partition coefficient (Wildman–Crippen LogP) is 4.11. The van der Waals surface area contributed by atoms with Crippen LogP contribution in [0.4, 0.5) is 4.39 Å². The highest BCUT2D eigenvalue weighted by Crippen LogP contribution is 2.16. The van der Waals surface area contributed by atoms with Gasteiger partial charge in [0.2, 0.25) is 5.89 Å². The Hall–Kier alpha value is -1.36. The third kappa shape index (κ3) is 7.94. The molecule has 0 saturated heterocycles. The zero-order chi connectivity index (χ0) is 19.6. The molecule has 0 bridgehead atoms. The van der Waals surface area contributed by atoms with Gasteiger partial charge in [-0.2, -0.15) is 16.7 Å². The van der Waals surface area contributed by atoms with Crippen LogP contribution in [0.1, 0.15) is 49.0 Å². The van der Waals surface area contributed by atoms with Crippen LogP contribution in [0, 0.1) is 5.82 Å². The summed E-state index contributed by atoms with van der Waals surface area (Å²) in [6.07, 6.45) is 3.59. The number of hydrogen-bond acceptors (Lipinski definition) is 5. The topological polar surface area (TPSA) is 75.3 Å². The van der Waals surface area contributed by atoms with Gasteiger partial charge in [0.25, 0.3) is 0 Å². The molecule has 2 rings (SSSR count). The van der Waals surface area contributed by atoms with Crippen LogP contribution in [0.5, 0.6) is 0 Å². The molecule has 9 heteroatoms. The van der Waals surface area contributed by atoms with E-state index in [4.69, 9.17) is 4.52 Å². The minimum Gasteiger partial charge on any atom is -0.356 e. The van der Waals surface area contributed by atoms with Crippen LogP contribution < -0.4 is 10.6 Å². The normalized spacial score (nSPS) is 11.4. The zero-order valence-electron chi connectivity index (χ0n) is 16.8. The van der Waals surface area contributed by atoms with Gasteiger partial charge in [-0.05, 0) is 35.9 Å². The van der Waals surface area contributed by atoms with Crippen molar-refractivity contribution in [3.05, 3.63) is 46.9 Å². The lowest BCUT2D eigenvalue weighted by molar-refractivity contribution is 0.368. The van der Waals surface area contributed by atoms with Crippen LogP contribution in [0.3, 0.4) is 0 Å². The van der Waals surface area contributed by atoms with E-state index in [-0.39, 0.29) is 35.7 Å². The Bertz CT molecular complexity index is 754. The van der Waals surface area contributed by atoms with Crippen LogP contribution in [-0.2, 0) is 18.7 Å². The molecule has 2 aromatic rings. The molecule has 0 atom stereocenters. The molecule has 0 aliphatic heterocycles. The molecule has 0 aliphatic rings. The Balaban J connectivity index is 0.00000392. The molecule has 0 amide bonds. The number of aliphatic imine (C=N–C) groups is 1. The molecule has 28 heavy (non-hydrogen) atoms. The van der Waals surface area contributed by atoms with E-state index in [1.54, 1.807) is 24.9 Å². The summed E-state index contributed by atoms with van der Waals surface area (Å²) in [5, 5.41) is 10.5. The third-order valence-electron chi connectivity index (χ3n) is 4.00. The molecule has 0 radical (unpaired) electrons. The number of hydrogen-bond donors (Lipinski definition) is 2. The van der Waals surface area contributed by atoms with E-state index in [0.717, 1.165) is 42.1 Å². The first-order chi connectivity index (χ1) is 13.0. The first-order valence-electron chi connectivity index (χ1n) is 9.06. The lowest BCUT2D eigenvalue weighted by Gasteiger charge is -2.14. The fraction of sp³-hybridized carbons (Fsp3) is 0.526. The van der Waals surface area contributed by atoms with Gasteiger partial charge in [0.15, 0.2) is 11.8 Å². The lowest BCUT2D eigenvalue weighted by Crippen LogP contribution is -2.37. The molecule has 156 valence electrons. The Kier molecular flexibility index (Phi) is 11.4. The van der Waals surface area contributed by atoms with Gasteiger partial charge in [0, 0.05) is 38.2 Å². The van der Waals surface area contributed by atoms with Crippen molar-refractivity contribution in [2.45, 2.75) is 44.9 Å². The maximum absolute atomic E-state index is 13.4. The van der Waals surface area contributed by atoms with Gasteiger partial charge in [-0.15, -0.1) is 24.0 Å². The van der Waals surface area contributed by atoms with Gasteiger partial charge in [-0.1, -0.05) is 25.1 Å². The van der Waals surface area contributed by atoms with Crippen LogP contribution in [-0.4, -0.2) is 35.9 Å². The highest BCUT2D eigenvalue weighted by Gasteiger charge is 2.09. The van der Waals surface area contributed by atoms with Gasteiger partial charge in [-0.3, -0.25) is 4.99 Å². The molecule has 0 spiro atoms. The summed E-state index contributed by atoms with van der Waals surface area (Å²) in [6, 6.07) is 4.91. The highest BCUT2D eigenvalue weighted by molar-refractivity contribution is 14.0. The molecule has 1 aromatic heterocycles. The van der Waals surface area contributed by atoms with E-state index < -0.39 is 0 Å². The lowest BCUT2D eigenvalue weighted by atomic mass is 10.1. The van der Waals surface area contributed by atoms with Crippen LogP contribution in [0.25, 0.3) is 0 Å². The molecular weight excluding hydrogens is 492 g/mol. The SMILES string of the molecule is CN=C(NCCCc1nc(C(C)C)no1)NCc1ccc(F)cc1CSC.I. The van der Waals surface area contributed by atoms with Gasteiger partial charge in [0.05, 0.1) is 0 Å². The minimum atomic E-state index is -0.202. The summed E-state index contributed by atoms with van der Waals surface area (Å²) in [7, 11) is 1.73. The van der Waals surface area contributed by atoms with Gasteiger partial charge < -0.3 is 15.2 Å². The van der Waals surface area contributed by atoms with Crippen molar-refractivity contribution in [2.75, 3.05) is 19.8 Å². The van der Waals surface area contributed by atoms with E-state index >= 15 is 0 Å². The maximum atomic E-state index is 13.4. The molecule has 0 unspecified atom stereocenters. The average molecular weight is 521 g/mol. The van der Waals surface area contributed by atoms with E-state index in [1.165, 1.54) is 6.07 Å². The predicted molar refractivity (Wildman–Crippen MR) is 124 cm³/mol. The summed E-state index contributed by atoms with van der Waals surface area (Å²) in [5.74, 6) is 2.97. The van der Waals surface area contributed by atoms with Crippen LogP contribution >= 0.6 is 35.7 Å². The number of rotatable bonds is 9. The fourth-order valence-electron chi connectivity index (χ4n) is 2.51. The molecule has 2 N–H and O–H groups in total. The van der Waals surface area contributed by atoms with Crippen molar-refractivity contribution in [2.24, 2.45) is 4.99 Å². The van der Waals surface area contributed by atoms with Crippen molar-refractivity contribution in [3.63, 3.8) is 0 Å². The largest absolute Gasteiger partial charge is 0.356 e. The van der Waals surface area contributed by atoms with E-state index in [1.807, 2.05) is 26.2 Å². The fourth-order valence-corrected chi connectivity index (χ4v) is 3.09. The standard InChI is InChI=1S/C19H28FN5OS.HI/c1-13(2)18-24-17(26-25-18)6-5-9-22-19(21-3)23-11-14-7-8-16(20)10-15(14)12-27-4;/h7-8,10,13H,5-6,9,11-12H2,1-4H3,(H2,21,22,23);1H. The van der Waals surface area contributed by atoms with Crippen molar-refractivity contribution in [1.29, 1.82) is 0 Å². The first kappa shape index (κ1) is 24.7. The Morgan fingerprint density at radius 3 is 2.71 bits per heavy atom. The minimum absolute atomic E-state index is 0. The summed E-state index contributed by atoms with van der Waals surface area (Å²) in [6.45, 7) is 5.41. The number of thioether (sulfide) groups is 1. The quantitative estimate of drug-likeness (QED) is 0.224.